The van der Waals surface area contributed by atoms with Crippen LogP contribution in [0.25, 0.3) is 11.0 Å². The van der Waals surface area contributed by atoms with E-state index in [2.05, 4.69) is 25.6 Å². The van der Waals surface area contributed by atoms with Gasteiger partial charge in [-0.2, -0.15) is 0 Å². The van der Waals surface area contributed by atoms with Crippen molar-refractivity contribution in [3.63, 3.8) is 0 Å². The Bertz CT molecular complexity index is 1110. The summed E-state index contributed by atoms with van der Waals surface area (Å²) in [6.07, 6.45) is 4.40. The molecule has 2 aromatic rings. The fraction of sp³-hybridized carbons (Fsp3) is 0.522. The maximum atomic E-state index is 15.2. The molecule has 2 unspecified atom stereocenters. The standard InChI is InChI=1S/C23H29F2N7O2/c1-31(2)12-17-29-21-19(24)15-7-13(8-16(15)20(25)22(21)30-17)9-26-4-3-14-11-32(23(33)34-14)18-10-27-5-6-28-18/h6,10,13-14,26-27H,3-5,7-9,11-12H2,1-2H3,(H,29,30). The summed E-state index contributed by atoms with van der Waals surface area (Å²) in [5.41, 5.74) is 1.13. The fourth-order valence-corrected chi connectivity index (χ4v) is 4.85. The normalized spacial score (nSPS) is 20.3. The molecule has 1 aromatic heterocycles. The van der Waals surface area contributed by atoms with Gasteiger partial charge in [-0.1, -0.05) is 0 Å². The molecular weight excluding hydrogens is 444 g/mol. The van der Waals surface area contributed by atoms with Gasteiger partial charge in [0.2, 0.25) is 0 Å². The zero-order valence-electron chi connectivity index (χ0n) is 19.3. The number of amides is 1. The van der Waals surface area contributed by atoms with Crippen LogP contribution in [-0.2, 0) is 24.1 Å². The van der Waals surface area contributed by atoms with Gasteiger partial charge in [0, 0.05) is 19.0 Å². The zero-order valence-corrected chi connectivity index (χ0v) is 19.3. The number of aromatic amines is 1. The van der Waals surface area contributed by atoms with Crippen molar-refractivity contribution in [1.29, 1.82) is 0 Å². The number of carbonyl (C=O) groups is 1. The monoisotopic (exact) mass is 473 g/mol. The van der Waals surface area contributed by atoms with Crippen LogP contribution < -0.4 is 10.6 Å². The second-order valence-corrected chi connectivity index (χ2v) is 9.34. The number of nitrogens with zero attached hydrogens (tertiary/aromatic N) is 4. The third-order valence-corrected chi connectivity index (χ3v) is 6.42. The van der Waals surface area contributed by atoms with Crippen molar-refractivity contribution in [3.8, 4) is 0 Å². The lowest BCUT2D eigenvalue weighted by molar-refractivity contribution is 0.130. The summed E-state index contributed by atoms with van der Waals surface area (Å²) in [6.45, 7) is 2.85. The minimum Gasteiger partial charge on any atom is -0.444 e. The van der Waals surface area contributed by atoms with Crippen LogP contribution in [0.5, 0.6) is 0 Å². The molecule has 1 saturated heterocycles. The van der Waals surface area contributed by atoms with Gasteiger partial charge in [-0.05, 0) is 63.5 Å². The molecule has 5 rings (SSSR count). The molecule has 0 radical (unpaired) electrons. The third-order valence-electron chi connectivity index (χ3n) is 6.42. The van der Waals surface area contributed by atoms with Crippen molar-refractivity contribution < 1.29 is 18.3 Å². The molecule has 1 amide bonds. The lowest BCUT2D eigenvalue weighted by Gasteiger charge is -2.16. The lowest BCUT2D eigenvalue weighted by atomic mass is 10.1. The van der Waals surface area contributed by atoms with E-state index >= 15 is 8.78 Å². The first kappa shape index (κ1) is 22.7. The number of H-pyrrole nitrogens is 1. The largest absolute Gasteiger partial charge is 0.444 e. The SMILES string of the molecule is CN(C)Cc1nc2c(F)c3c(c(F)c2[nH]1)CC(CNCCC1CN(C2=CNCC=N2)C(=O)O1)C3. The molecule has 1 aliphatic carbocycles. The Hall–Kier alpha value is -3.05. The number of hydrogen-bond donors (Lipinski definition) is 3. The zero-order chi connectivity index (χ0) is 23.8. The van der Waals surface area contributed by atoms with Crippen LogP contribution in [0.1, 0.15) is 23.4 Å². The molecule has 0 spiro atoms. The van der Waals surface area contributed by atoms with Crippen LogP contribution in [0.4, 0.5) is 13.6 Å². The van der Waals surface area contributed by atoms with E-state index < -0.39 is 17.7 Å². The van der Waals surface area contributed by atoms with Gasteiger partial charge < -0.3 is 25.3 Å². The Morgan fingerprint density at radius 2 is 2.06 bits per heavy atom. The van der Waals surface area contributed by atoms with Crippen LogP contribution in [-0.4, -0.2) is 78.5 Å². The Balaban J connectivity index is 1.14. The van der Waals surface area contributed by atoms with Gasteiger partial charge in [0.25, 0.3) is 0 Å². The van der Waals surface area contributed by atoms with E-state index in [9.17, 15) is 4.79 Å². The van der Waals surface area contributed by atoms with E-state index in [-0.39, 0.29) is 23.1 Å². The maximum Gasteiger partial charge on any atom is 0.415 e. The molecular formula is C23H29F2N7O2. The van der Waals surface area contributed by atoms with Crippen LogP contribution in [0.2, 0.25) is 0 Å². The van der Waals surface area contributed by atoms with Crippen molar-refractivity contribution in [2.45, 2.75) is 31.9 Å². The van der Waals surface area contributed by atoms with E-state index in [1.54, 1.807) is 12.4 Å². The number of benzene rings is 1. The molecule has 1 aromatic carbocycles. The van der Waals surface area contributed by atoms with E-state index in [1.165, 1.54) is 4.90 Å². The number of hydrogen-bond acceptors (Lipinski definition) is 7. The average Bonchev–Trinajstić information content (AvgIpc) is 3.52. The molecule has 0 saturated carbocycles. The highest BCUT2D eigenvalue weighted by Gasteiger charge is 2.34. The number of rotatable bonds is 8. The highest BCUT2D eigenvalue weighted by molar-refractivity contribution is 5.79. The smallest absolute Gasteiger partial charge is 0.415 e. The fourth-order valence-electron chi connectivity index (χ4n) is 4.85. The quantitative estimate of drug-likeness (QED) is 0.507. The molecule has 3 heterocycles. The first-order chi connectivity index (χ1) is 16.4. The van der Waals surface area contributed by atoms with E-state index in [4.69, 9.17) is 4.74 Å². The first-order valence-electron chi connectivity index (χ1n) is 11.6. The van der Waals surface area contributed by atoms with Crippen LogP contribution in [0, 0.1) is 17.6 Å². The highest BCUT2D eigenvalue weighted by atomic mass is 19.1. The van der Waals surface area contributed by atoms with E-state index in [0.717, 1.165) is 0 Å². The summed E-state index contributed by atoms with van der Waals surface area (Å²) < 4.78 is 35.7. The van der Waals surface area contributed by atoms with Gasteiger partial charge in [-0.25, -0.2) is 23.6 Å². The number of imidazole rings is 1. The second kappa shape index (κ2) is 9.30. The molecule has 3 N–H and O–H groups in total. The summed E-state index contributed by atoms with van der Waals surface area (Å²) in [4.78, 5) is 27.0. The van der Waals surface area contributed by atoms with Gasteiger partial charge in [-0.15, -0.1) is 0 Å². The van der Waals surface area contributed by atoms with E-state index in [1.807, 2.05) is 19.0 Å². The molecule has 2 aliphatic heterocycles. The average molecular weight is 474 g/mol. The molecule has 11 heteroatoms. The summed E-state index contributed by atoms with van der Waals surface area (Å²) >= 11 is 0. The van der Waals surface area contributed by atoms with Gasteiger partial charge >= 0.3 is 6.09 Å². The number of ether oxygens (including phenoxy) is 1. The number of fused-ring (bicyclic) bond motifs is 2. The van der Waals surface area contributed by atoms with Crippen LogP contribution >= 0.6 is 0 Å². The molecule has 2 atom stereocenters. The number of carbonyl (C=O) groups excluding carboxylic acids is 1. The highest BCUT2D eigenvalue weighted by Crippen LogP contribution is 2.35. The van der Waals surface area contributed by atoms with Crippen molar-refractivity contribution in [2.75, 3.05) is 40.3 Å². The van der Waals surface area contributed by atoms with Crippen LogP contribution in [0.15, 0.2) is 17.0 Å². The number of aliphatic imine (C=N–C) groups is 1. The lowest BCUT2D eigenvalue weighted by Crippen LogP contribution is -2.29. The molecule has 34 heavy (non-hydrogen) atoms. The minimum atomic E-state index is -0.415. The third kappa shape index (κ3) is 4.37. The molecule has 3 aliphatic rings. The predicted octanol–water partition coefficient (Wildman–Crippen LogP) is 1.89. The Kier molecular flexibility index (Phi) is 6.22. The van der Waals surface area contributed by atoms with E-state index in [0.29, 0.717) is 74.8 Å². The van der Waals surface area contributed by atoms with Crippen molar-refractivity contribution in [2.24, 2.45) is 10.9 Å². The molecule has 0 bridgehead atoms. The Labute approximate surface area is 196 Å². The minimum absolute atomic E-state index is 0.0851. The number of cyclic esters (lactones) is 1. The topological polar surface area (TPSA) is 97.9 Å². The maximum absolute atomic E-state index is 15.2. The van der Waals surface area contributed by atoms with Crippen molar-refractivity contribution in [1.82, 2.24) is 30.4 Å². The second-order valence-electron chi connectivity index (χ2n) is 9.34. The molecule has 182 valence electrons. The Morgan fingerprint density at radius 1 is 1.26 bits per heavy atom. The molecule has 9 nitrogen and oxygen atoms in total. The first-order valence-corrected chi connectivity index (χ1v) is 11.6. The molecule has 1 fully saturated rings. The number of nitrogens with one attached hydrogen (secondary N) is 3. The summed E-state index contributed by atoms with van der Waals surface area (Å²) in [5, 5.41) is 6.39. The van der Waals surface area contributed by atoms with Crippen LogP contribution in [0.3, 0.4) is 0 Å². The number of aromatic nitrogens is 2. The van der Waals surface area contributed by atoms with Gasteiger partial charge in [-0.3, -0.25) is 4.90 Å². The van der Waals surface area contributed by atoms with Gasteiger partial charge in [0.15, 0.2) is 17.5 Å². The van der Waals surface area contributed by atoms with Gasteiger partial charge in [0.05, 0.1) is 13.1 Å². The Morgan fingerprint density at radius 3 is 2.79 bits per heavy atom. The predicted molar refractivity (Wildman–Crippen MR) is 123 cm³/mol. The summed E-state index contributed by atoms with van der Waals surface area (Å²) in [5.74, 6) is 0.399. The van der Waals surface area contributed by atoms with Gasteiger partial charge in [0.1, 0.15) is 23.0 Å². The summed E-state index contributed by atoms with van der Waals surface area (Å²) in [6, 6.07) is 0. The summed E-state index contributed by atoms with van der Waals surface area (Å²) in [7, 11) is 3.76. The van der Waals surface area contributed by atoms with Crippen molar-refractivity contribution in [3.05, 3.63) is 40.6 Å². The van der Waals surface area contributed by atoms with Crippen molar-refractivity contribution >= 4 is 23.3 Å². The number of halogens is 2.